The molecule has 182 valence electrons. The van der Waals surface area contributed by atoms with Crippen molar-refractivity contribution in [3.63, 3.8) is 0 Å². The van der Waals surface area contributed by atoms with Crippen molar-refractivity contribution < 1.29 is 19.2 Å². The molecule has 0 aliphatic carbocycles. The van der Waals surface area contributed by atoms with Crippen molar-refractivity contribution in [2.45, 2.75) is 31.6 Å². The van der Waals surface area contributed by atoms with Gasteiger partial charge >= 0.3 is 5.69 Å². The number of benzene rings is 3. The van der Waals surface area contributed by atoms with Gasteiger partial charge in [-0.2, -0.15) is 5.26 Å². The molecule has 3 aromatic carbocycles. The molecule has 1 unspecified atom stereocenters. The van der Waals surface area contributed by atoms with Crippen LogP contribution in [0.15, 0.2) is 60.7 Å². The molecule has 0 fully saturated rings. The lowest BCUT2D eigenvalue weighted by Crippen LogP contribution is -2.41. The predicted octanol–water partition coefficient (Wildman–Crippen LogP) is 5.57. The second kappa shape index (κ2) is 11.3. The number of aryl methyl sites for hydroxylation is 1. The van der Waals surface area contributed by atoms with Crippen LogP contribution < -0.4 is 4.74 Å². The number of nitro groups is 1. The van der Waals surface area contributed by atoms with Crippen LogP contribution in [-0.2, 0) is 18.8 Å². The molecule has 0 radical (unpaired) electrons. The van der Waals surface area contributed by atoms with Crippen molar-refractivity contribution in [1.82, 2.24) is 4.90 Å². The molecule has 1 N–H and O–H groups in total. The van der Waals surface area contributed by atoms with Crippen molar-refractivity contribution in [2.75, 3.05) is 14.1 Å². The van der Waals surface area contributed by atoms with Gasteiger partial charge in [-0.05, 0) is 86.4 Å². The Morgan fingerprint density at radius 3 is 2.49 bits per heavy atom. The van der Waals surface area contributed by atoms with Gasteiger partial charge in [-0.3, -0.25) is 15.0 Å². The van der Waals surface area contributed by atoms with Crippen LogP contribution in [0.4, 0.5) is 10.1 Å². The number of nitro benzene ring substituents is 1. The van der Waals surface area contributed by atoms with Gasteiger partial charge in [-0.15, -0.1) is 0 Å². The van der Waals surface area contributed by atoms with E-state index in [1.54, 1.807) is 43.3 Å². The summed E-state index contributed by atoms with van der Waals surface area (Å²) in [5, 5.41) is 32.2. The Morgan fingerprint density at radius 1 is 1.14 bits per heavy atom. The fourth-order valence-corrected chi connectivity index (χ4v) is 4.02. The van der Waals surface area contributed by atoms with Crippen LogP contribution in [0.2, 0.25) is 5.02 Å². The normalized spacial score (nSPS) is 12.7. The van der Waals surface area contributed by atoms with Gasteiger partial charge in [0.05, 0.1) is 16.6 Å². The van der Waals surface area contributed by atoms with Crippen molar-refractivity contribution in [3.8, 4) is 11.8 Å². The molecule has 0 amide bonds. The zero-order chi connectivity index (χ0) is 25.6. The molecule has 0 saturated carbocycles. The molecule has 0 bridgehead atoms. The fraction of sp³-hybridized carbons (Fsp3) is 0.269. The van der Waals surface area contributed by atoms with E-state index in [1.165, 1.54) is 30.3 Å². The minimum atomic E-state index is -1.29. The standard InChI is InChI=1S/C26H25ClFN3O4/c1-30(2)26(32,21-7-10-23(28)11-8-21)13-3-4-19-6-5-18(16-29)14-20(19)17-35-25-12-9-22(27)15-24(25)31(33)34/h5-12,14-15,32H,3-4,13,17H2,1-2H3. The molecule has 7 nitrogen and oxygen atoms in total. The molecule has 0 aliphatic rings. The zero-order valence-corrected chi connectivity index (χ0v) is 20.1. The van der Waals surface area contributed by atoms with Crippen molar-refractivity contribution in [1.29, 1.82) is 5.26 Å². The van der Waals surface area contributed by atoms with E-state index in [1.807, 2.05) is 6.07 Å². The van der Waals surface area contributed by atoms with Gasteiger partial charge in [0.2, 0.25) is 0 Å². The van der Waals surface area contributed by atoms with E-state index in [0.29, 0.717) is 36.0 Å². The van der Waals surface area contributed by atoms with Gasteiger partial charge in [0.25, 0.3) is 0 Å². The number of nitrogens with zero attached hydrogens (tertiary/aromatic N) is 3. The van der Waals surface area contributed by atoms with E-state index >= 15 is 0 Å². The highest BCUT2D eigenvalue weighted by Gasteiger charge is 2.31. The Labute approximate surface area is 208 Å². The monoisotopic (exact) mass is 497 g/mol. The summed E-state index contributed by atoms with van der Waals surface area (Å²) in [4.78, 5) is 12.5. The molecule has 3 rings (SSSR count). The van der Waals surface area contributed by atoms with Crippen molar-refractivity contribution in [2.24, 2.45) is 0 Å². The third kappa shape index (κ3) is 6.34. The molecule has 0 saturated heterocycles. The summed E-state index contributed by atoms with van der Waals surface area (Å²) in [6.07, 6.45) is 1.51. The Balaban J connectivity index is 1.78. The summed E-state index contributed by atoms with van der Waals surface area (Å²) in [6, 6.07) is 17.2. The van der Waals surface area contributed by atoms with E-state index < -0.39 is 10.6 Å². The number of aliphatic hydroxyl groups is 1. The van der Waals surface area contributed by atoms with Gasteiger partial charge < -0.3 is 9.84 Å². The van der Waals surface area contributed by atoms with Crippen LogP contribution in [0.3, 0.4) is 0 Å². The highest BCUT2D eigenvalue weighted by atomic mass is 35.5. The summed E-state index contributed by atoms with van der Waals surface area (Å²) in [6.45, 7) is 0.0171. The number of nitriles is 1. The minimum Gasteiger partial charge on any atom is -0.482 e. The first-order chi connectivity index (χ1) is 16.6. The van der Waals surface area contributed by atoms with Crippen LogP contribution in [0.1, 0.15) is 35.1 Å². The maximum absolute atomic E-state index is 13.4. The number of rotatable bonds is 10. The highest BCUT2D eigenvalue weighted by Crippen LogP contribution is 2.32. The number of halogens is 2. The van der Waals surface area contributed by atoms with Crippen LogP contribution in [0, 0.1) is 27.3 Å². The van der Waals surface area contributed by atoms with Gasteiger partial charge in [0.15, 0.2) is 5.75 Å². The second-order valence-electron chi connectivity index (χ2n) is 8.32. The Hall–Kier alpha value is -3.51. The van der Waals surface area contributed by atoms with Crippen LogP contribution in [0.25, 0.3) is 0 Å². The molecular weight excluding hydrogens is 473 g/mol. The first kappa shape index (κ1) is 26.1. The van der Waals surface area contributed by atoms with E-state index in [0.717, 1.165) is 5.56 Å². The Bertz CT molecular complexity index is 1240. The van der Waals surface area contributed by atoms with E-state index in [-0.39, 0.29) is 28.9 Å². The predicted molar refractivity (Wildman–Crippen MR) is 131 cm³/mol. The van der Waals surface area contributed by atoms with E-state index in [2.05, 4.69) is 6.07 Å². The van der Waals surface area contributed by atoms with E-state index in [4.69, 9.17) is 16.3 Å². The Morgan fingerprint density at radius 2 is 1.86 bits per heavy atom. The van der Waals surface area contributed by atoms with Crippen molar-refractivity contribution >= 4 is 17.3 Å². The summed E-state index contributed by atoms with van der Waals surface area (Å²) < 4.78 is 19.1. The number of hydrogen-bond donors (Lipinski definition) is 1. The van der Waals surface area contributed by atoms with Crippen LogP contribution in [0.5, 0.6) is 5.75 Å². The SMILES string of the molecule is CN(C)C(O)(CCCc1ccc(C#N)cc1COc1ccc(Cl)cc1[N+](=O)[O-])c1ccc(F)cc1. The summed E-state index contributed by atoms with van der Waals surface area (Å²) in [5.74, 6) is -0.302. The molecule has 1 atom stereocenters. The lowest BCUT2D eigenvalue weighted by atomic mass is 9.93. The zero-order valence-electron chi connectivity index (χ0n) is 19.4. The molecular formula is C26H25ClFN3O4. The quantitative estimate of drug-likeness (QED) is 0.223. The van der Waals surface area contributed by atoms with Gasteiger partial charge in [-0.1, -0.05) is 29.8 Å². The summed E-state index contributed by atoms with van der Waals surface area (Å²) >= 11 is 5.87. The highest BCUT2D eigenvalue weighted by molar-refractivity contribution is 6.30. The molecule has 0 aliphatic heterocycles. The summed E-state index contributed by atoms with van der Waals surface area (Å²) in [7, 11) is 3.51. The summed E-state index contributed by atoms with van der Waals surface area (Å²) in [5.41, 5.74) is 1.09. The van der Waals surface area contributed by atoms with Gasteiger partial charge in [0.1, 0.15) is 18.1 Å². The fourth-order valence-electron chi connectivity index (χ4n) is 3.85. The molecule has 9 heteroatoms. The molecule has 0 heterocycles. The topological polar surface area (TPSA) is 99.6 Å². The third-order valence-electron chi connectivity index (χ3n) is 5.85. The number of ether oxygens (including phenoxy) is 1. The first-order valence-corrected chi connectivity index (χ1v) is 11.3. The van der Waals surface area contributed by atoms with Gasteiger partial charge in [-0.25, -0.2) is 4.39 Å². The van der Waals surface area contributed by atoms with Gasteiger partial charge in [0, 0.05) is 11.1 Å². The molecule has 3 aromatic rings. The first-order valence-electron chi connectivity index (χ1n) is 10.9. The average molecular weight is 498 g/mol. The lowest BCUT2D eigenvalue weighted by Gasteiger charge is -2.35. The second-order valence-corrected chi connectivity index (χ2v) is 8.76. The molecule has 0 aromatic heterocycles. The lowest BCUT2D eigenvalue weighted by molar-refractivity contribution is -0.385. The van der Waals surface area contributed by atoms with Crippen molar-refractivity contribution in [3.05, 3.63) is 104 Å². The Kier molecular flexibility index (Phi) is 8.41. The van der Waals surface area contributed by atoms with Crippen LogP contribution >= 0.6 is 11.6 Å². The third-order valence-corrected chi connectivity index (χ3v) is 6.09. The maximum atomic E-state index is 13.4. The maximum Gasteiger partial charge on any atom is 0.312 e. The molecule has 35 heavy (non-hydrogen) atoms. The smallest absolute Gasteiger partial charge is 0.312 e. The average Bonchev–Trinajstić information content (AvgIpc) is 2.83. The van der Waals surface area contributed by atoms with E-state index in [9.17, 15) is 24.9 Å². The molecule has 0 spiro atoms. The largest absolute Gasteiger partial charge is 0.482 e. The number of hydrogen-bond acceptors (Lipinski definition) is 6. The van der Waals surface area contributed by atoms with Crippen LogP contribution in [-0.4, -0.2) is 29.0 Å². The minimum absolute atomic E-state index is 0.0171.